The summed E-state index contributed by atoms with van der Waals surface area (Å²) in [5.41, 5.74) is 5.22. The molecule has 4 nitrogen and oxygen atoms in total. The van der Waals surface area contributed by atoms with Gasteiger partial charge in [-0.15, -0.1) is 0 Å². The number of nitrogens with zero attached hydrogens (tertiary/aromatic N) is 2. The van der Waals surface area contributed by atoms with Gasteiger partial charge in [0.15, 0.2) is 9.45 Å². The molecule has 0 aliphatic carbocycles. The quantitative estimate of drug-likeness (QED) is 0.638. The summed E-state index contributed by atoms with van der Waals surface area (Å²) in [5.74, 6) is 0.230. The van der Waals surface area contributed by atoms with Crippen LogP contribution in [-0.2, 0) is 4.79 Å². The molecule has 0 amide bonds. The fourth-order valence-corrected chi connectivity index (χ4v) is 1.73. The largest absolute Gasteiger partial charge is 0.367 e. The van der Waals surface area contributed by atoms with Gasteiger partial charge < -0.3 is 5.73 Å². The van der Waals surface area contributed by atoms with Gasteiger partial charge in [0.1, 0.15) is 0 Å². The van der Waals surface area contributed by atoms with Crippen LogP contribution in [0.3, 0.4) is 0 Å². The summed E-state index contributed by atoms with van der Waals surface area (Å²) in [5, 5.41) is -0.00356. The van der Waals surface area contributed by atoms with E-state index in [2.05, 4.69) is 9.36 Å². The normalized spacial score (nSPS) is 9.70. The Hall–Kier alpha value is -0.620. The molecule has 0 bridgehead atoms. The molecule has 54 valence electrons. The Morgan fingerprint density at radius 1 is 1.80 bits per heavy atom. The SMILES string of the molecule is CC(=O)Sc1nc(N)ns1. The van der Waals surface area contributed by atoms with Crippen molar-refractivity contribution in [2.24, 2.45) is 0 Å². The third-order valence-electron chi connectivity index (χ3n) is 0.654. The molecule has 0 atom stereocenters. The number of rotatable bonds is 1. The smallest absolute Gasteiger partial charge is 0.233 e. The minimum absolute atomic E-state index is 0.00356. The van der Waals surface area contributed by atoms with Crippen molar-refractivity contribution in [2.75, 3.05) is 5.73 Å². The highest BCUT2D eigenvalue weighted by Crippen LogP contribution is 2.20. The molecule has 0 radical (unpaired) electrons. The fraction of sp³-hybridized carbons (Fsp3) is 0.250. The molecule has 0 aliphatic rings. The molecular weight excluding hydrogens is 170 g/mol. The Kier molecular flexibility index (Phi) is 2.23. The van der Waals surface area contributed by atoms with Crippen LogP contribution in [0, 0.1) is 0 Å². The third-order valence-corrected chi connectivity index (χ3v) is 2.21. The number of thioether (sulfide) groups is 1. The number of carbonyl (C=O) groups excluding carboxylic acids is 1. The lowest BCUT2D eigenvalue weighted by Crippen LogP contribution is -1.85. The maximum absolute atomic E-state index is 10.5. The van der Waals surface area contributed by atoms with E-state index in [9.17, 15) is 4.79 Å². The van der Waals surface area contributed by atoms with Crippen LogP contribution < -0.4 is 5.73 Å². The Balaban J connectivity index is 2.67. The molecule has 1 aromatic heterocycles. The predicted molar refractivity (Wildman–Crippen MR) is 40.9 cm³/mol. The average molecular weight is 175 g/mol. The zero-order valence-electron chi connectivity index (χ0n) is 5.20. The molecule has 6 heteroatoms. The summed E-state index contributed by atoms with van der Waals surface area (Å²) in [7, 11) is 0. The van der Waals surface area contributed by atoms with Gasteiger partial charge in [-0.1, -0.05) is 0 Å². The first-order valence-corrected chi connectivity index (χ1v) is 4.05. The number of anilines is 1. The van der Waals surface area contributed by atoms with Crippen molar-refractivity contribution >= 4 is 34.4 Å². The molecule has 0 saturated heterocycles. The number of hydrogen-bond donors (Lipinski definition) is 1. The van der Waals surface area contributed by atoms with Gasteiger partial charge in [0.2, 0.25) is 5.95 Å². The molecule has 0 spiro atoms. The van der Waals surface area contributed by atoms with Gasteiger partial charge in [0.25, 0.3) is 0 Å². The van der Waals surface area contributed by atoms with Gasteiger partial charge in [0.05, 0.1) is 0 Å². The van der Waals surface area contributed by atoms with Gasteiger partial charge in [-0.25, -0.2) is 0 Å². The van der Waals surface area contributed by atoms with E-state index < -0.39 is 0 Å². The Morgan fingerprint density at radius 3 is 2.90 bits per heavy atom. The van der Waals surface area contributed by atoms with E-state index in [1.807, 2.05) is 0 Å². The lowest BCUT2D eigenvalue weighted by molar-refractivity contribution is -0.109. The third kappa shape index (κ3) is 1.96. The summed E-state index contributed by atoms with van der Waals surface area (Å²) in [4.78, 5) is 14.3. The fourth-order valence-electron chi connectivity index (χ4n) is 0.385. The zero-order valence-corrected chi connectivity index (χ0v) is 6.83. The number of aromatic nitrogens is 2. The second kappa shape index (κ2) is 2.98. The number of nitrogens with two attached hydrogens (primary N) is 1. The van der Waals surface area contributed by atoms with E-state index in [0.717, 1.165) is 23.3 Å². The topological polar surface area (TPSA) is 68.9 Å². The van der Waals surface area contributed by atoms with Crippen molar-refractivity contribution in [1.29, 1.82) is 0 Å². The standard InChI is InChI=1S/C4H5N3OS2/c1-2(8)9-4-6-3(5)7-10-4/h1H3,(H2,5,7). The molecule has 0 aliphatic heterocycles. The first-order chi connectivity index (χ1) is 4.68. The summed E-state index contributed by atoms with van der Waals surface area (Å²) >= 11 is 2.18. The van der Waals surface area contributed by atoms with Gasteiger partial charge in [0, 0.05) is 6.92 Å². The maximum atomic E-state index is 10.5. The number of carbonyl (C=O) groups is 1. The van der Waals surface area contributed by atoms with Gasteiger partial charge >= 0.3 is 0 Å². The first-order valence-electron chi connectivity index (χ1n) is 2.46. The Bertz CT molecular complexity index is 246. The molecule has 2 N–H and O–H groups in total. The van der Waals surface area contributed by atoms with Crippen LogP contribution in [0.5, 0.6) is 0 Å². The Morgan fingerprint density at radius 2 is 2.50 bits per heavy atom. The van der Waals surface area contributed by atoms with Crippen LogP contribution in [0.4, 0.5) is 5.95 Å². The summed E-state index contributed by atoms with van der Waals surface area (Å²) < 4.78 is 4.31. The lowest BCUT2D eigenvalue weighted by Gasteiger charge is -1.83. The summed E-state index contributed by atoms with van der Waals surface area (Å²) in [6, 6.07) is 0. The monoisotopic (exact) mass is 175 g/mol. The molecule has 0 saturated carbocycles. The van der Waals surface area contributed by atoms with Crippen molar-refractivity contribution in [1.82, 2.24) is 9.36 Å². The molecule has 1 rings (SSSR count). The zero-order chi connectivity index (χ0) is 7.56. The van der Waals surface area contributed by atoms with Crippen molar-refractivity contribution in [3.8, 4) is 0 Å². The minimum Gasteiger partial charge on any atom is -0.367 e. The van der Waals surface area contributed by atoms with Crippen molar-refractivity contribution in [3.05, 3.63) is 0 Å². The van der Waals surface area contributed by atoms with Gasteiger partial charge in [-0.2, -0.15) is 9.36 Å². The summed E-state index contributed by atoms with van der Waals surface area (Å²) in [6.45, 7) is 1.47. The molecule has 0 unspecified atom stereocenters. The molecule has 0 aromatic carbocycles. The lowest BCUT2D eigenvalue weighted by atomic mass is 10.9. The molecule has 1 heterocycles. The van der Waals surface area contributed by atoms with E-state index in [0.29, 0.717) is 4.34 Å². The van der Waals surface area contributed by atoms with Crippen LogP contribution in [0.25, 0.3) is 0 Å². The van der Waals surface area contributed by atoms with Crippen LogP contribution in [0.1, 0.15) is 6.92 Å². The first kappa shape index (κ1) is 7.49. The van der Waals surface area contributed by atoms with Gasteiger partial charge in [-0.3, -0.25) is 4.79 Å². The van der Waals surface area contributed by atoms with Gasteiger partial charge in [-0.05, 0) is 23.3 Å². The molecule has 0 fully saturated rings. The predicted octanol–water partition coefficient (Wildman–Crippen LogP) is 0.759. The van der Waals surface area contributed by atoms with E-state index in [4.69, 9.17) is 5.73 Å². The van der Waals surface area contributed by atoms with Crippen molar-refractivity contribution in [2.45, 2.75) is 11.3 Å². The van der Waals surface area contributed by atoms with Crippen molar-refractivity contribution < 1.29 is 4.79 Å². The average Bonchev–Trinajstić information content (AvgIpc) is 2.13. The minimum atomic E-state index is -0.00356. The van der Waals surface area contributed by atoms with Crippen LogP contribution in [-0.4, -0.2) is 14.5 Å². The van der Waals surface area contributed by atoms with E-state index in [1.54, 1.807) is 0 Å². The summed E-state index contributed by atoms with van der Waals surface area (Å²) in [6.07, 6.45) is 0. The molecule has 10 heavy (non-hydrogen) atoms. The maximum Gasteiger partial charge on any atom is 0.233 e. The highest BCUT2D eigenvalue weighted by molar-refractivity contribution is 8.14. The highest BCUT2D eigenvalue weighted by atomic mass is 32.2. The molecular formula is C4H5N3OS2. The second-order valence-corrected chi connectivity index (χ2v) is 3.69. The Labute approximate surface area is 66.0 Å². The second-order valence-electron chi connectivity index (χ2n) is 1.51. The van der Waals surface area contributed by atoms with Crippen LogP contribution in [0.2, 0.25) is 0 Å². The van der Waals surface area contributed by atoms with E-state index in [1.165, 1.54) is 6.92 Å². The number of nitrogen functional groups attached to an aromatic ring is 1. The van der Waals surface area contributed by atoms with Crippen molar-refractivity contribution in [3.63, 3.8) is 0 Å². The number of hydrogen-bond acceptors (Lipinski definition) is 6. The molecule has 1 aromatic rings. The van der Waals surface area contributed by atoms with Crippen LogP contribution in [0.15, 0.2) is 4.34 Å². The highest BCUT2D eigenvalue weighted by Gasteiger charge is 2.03. The van der Waals surface area contributed by atoms with E-state index >= 15 is 0 Å². The van der Waals surface area contributed by atoms with Crippen LogP contribution >= 0.6 is 23.3 Å². The van der Waals surface area contributed by atoms with E-state index in [-0.39, 0.29) is 11.1 Å².